The van der Waals surface area contributed by atoms with E-state index in [2.05, 4.69) is 20.4 Å². The first-order chi connectivity index (χ1) is 11.1. The summed E-state index contributed by atoms with van der Waals surface area (Å²) in [6, 6.07) is 3.55. The number of benzene rings is 1. The fourth-order valence-electron chi connectivity index (χ4n) is 2.84. The molecular weight excluding hydrogens is 304 g/mol. The Morgan fingerprint density at radius 1 is 1.22 bits per heavy atom. The highest BCUT2D eigenvalue weighted by atomic mass is 19.2. The van der Waals surface area contributed by atoms with Gasteiger partial charge in [0.15, 0.2) is 11.6 Å². The molecule has 1 fully saturated rings. The van der Waals surface area contributed by atoms with Crippen LogP contribution in [0.1, 0.15) is 12.5 Å². The SMILES string of the molecule is O[C@@H]1C[C@H](Nc2cnc3cc(F)c(F)cc3n2)[C@H]1n1cccn1. The van der Waals surface area contributed by atoms with Gasteiger partial charge in [-0.1, -0.05) is 0 Å². The molecule has 1 aromatic carbocycles. The Hall–Kier alpha value is -2.61. The highest BCUT2D eigenvalue weighted by Crippen LogP contribution is 2.34. The number of fused-ring (bicyclic) bond motifs is 1. The van der Waals surface area contributed by atoms with Crippen LogP contribution < -0.4 is 5.32 Å². The summed E-state index contributed by atoms with van der Waals surface area (Å²) >= 11 is 0. The molecular formula is C15H13F2N5O. The molecule has 0 aliphatic heterocycles. The fourth-order valence-corrected chi connectivity index (χ4v) is 2.84. The van der Waals surface area contributed by atoms with Gasteiger partial charge in [0.2, 0.25) is 0 Å². The van der Waals surface area contributed by atoms with Gasteiger partial charge in [0.05, 0.1) is 35.4 Å². The van der Waals surface area contributed by atoms with Crippen molar-refractivity contribution in [3.05, 3.63) is 48.4 Å². The third kappa shape index (κ3) is 2.40. The van der Waals surface area contributed by atoms with Gasteiger partial charge in [-0.25, -0.2) is 13.8 Å². The average molecular weight is 317 g/mol. The Morgan fingerprint density at radius 2 is 2.00 bits per heavy atom. The van der Waals surface area contributed by atoms with Gasteiger partial charge in [0.1, 0.15) is 5.82 Å². The summed E-state index contributed by atoms with van der Waals surface area (Å²) in [6.07, 6.45) is 4.95. The maximum absolute atomic E-state index is 13.3. The molecule has 8 heteroatoms. The summed E-state index contributed by atoms with van der Waals surface area (Å²) < 4.78 is 28.2. The number of rotatable bonds is 3. The molecule has 1 aliphatic carbocycles. The summed E-state index contributed by atoms with van der Waals surface area (Å²) in [6.45, 7) is 0. The average Bonchev–Trinajstić information content (AvgIpc) is 3.01. The van der Waals surface area contributed by atoms with Crippen molar-refractivity contribution < 1.29 is 13.9 Å². The van der Waals surface area contributed by atoms with Crippen LogP contribution in [0.4, 0.5) is 14.6 Å². The van der Waals surface area contributed by atoms with Gasteiger partial charge >= 0.3 is 0 Å². The van der Waals surface area contributed by atoms with Gasteiger partial charge in [-0.05, 0) is 12.5 Å². The monoisotopic (exact) mass is 317 g/mol. The lowest BCUT2D eigenvalue weighted by Gasteiger charge is -2.42. The van der Waals surface area contributed by atoms with E-state index in [1.165, 1.54) is 6.20 Å². The van der Waals surface area contributed by atoms with E-state index in [4.69, 9.17) is 0 Å². The van der Waals surface area contributed by atoms with E-state index in [-0.39, 0.29) is 23.1 Å². The molecule has 0 amide bonds. The van der Waals surface area contributed by atoms with Crippen LogP contribution in [0.2, 0.25) is 0 Å². The lowest BCUT2D eigenvalue weighted by molar-refractivity contribution is 0.0133. The minimum Gasteiger partial charge on any atom is -0.391 e. The van der Waals surface area contributed by atoms with Gasteiger partial charge in [-0.15, -0.1) is 0 Å². The van der Waals surface area contributed by atoms with Crippen molar-refractivity contribution in [2.75, 3.05) is 5.32 Å². The number of hydrogen-bond acceptors (Lipinski definition) is 5. The van der Waals surface area contributed by atoms with Crippen molar-refractivity contribution >= 4 is 16.9 Å². The van der Waals surface area contributed by atoms with Crippen LogP contribution in [0.15, 0.2) is 36.8 Å². The number of aromatic nitrogens is 4. The third-order valence-corrected chi connectivity index (χ3v) is 4.05. The number of nitrogens with zero attached hydrogens (tertiary/aromatic N) is 4. The number of anilines is 1. The second kappa shape index (κ2) is 5.24. The summed E-state index contributed by atoms with van der Waals surface area (Å²) in [5.41, 5.74) is 0.552. The van der Waals surface area contributed by atoms with Crippen molar-refractivity contribution in [3.63, 3.8) is 0 Å². The van der Waals surface area contributed by atoms with Crippen molar-refractivity contribution in [1.29, 1.82) is 0 Å². The number of nitrogens with one attached hydrogen (secondary N) is 1. The molecule has 2 N–H and O–H groups in total. The van der Waals surface area contributed by atoms with Crippen LogP contribution in [-0.4, -0.2) is 37.0 Å². The zero-order valence-electron chi connectivity index (χ0n) is 11.9. The van der Waals surface area contributed by atoms with Crippen LogP contribution in [0.25, 0.3) is 11.0 Å². The predicted molar refractivity (Wildman–Crippen MR) is 78.8 cm³/mol. The first-order valence-corrected chi connectivity index (χ1v) is 7.17. The Morgan fingerprint density at radius 3 is 2.70 bits per heavy atom. The van der Waals surface area contributed by atoms with E-state index < -0.39 is 17.7 Å². The third-order valence-electron chi connectivity index (χ3n) is 4.05. The maximum atomic E-state index is 13.3. The summed E-state index contributed by atoms with van der Waals surface area (Å²) in [5, 5.41) is 17.2. The van der Waals surface area contributed by atoms with E-state index in [1.54, 1.807) is 23.1 Å². The normalized spacial score (nSPS) is 23.7. The molecule has 118 valence electrons. The smallest absolute Gasteiger partial charge is 0.161 e. The zero-order chi connectivity index (χ0) is 16.0. The summed E-state index contributed by atoms with van der Waals surface area (Å²) in [7, 11) is 0. The Kier molecular flexibility index (Phi) is 3.19. The molecule has 0 unspecified atom stereocenters. The van der Waals surface area contributed by atoms with Gasteiger partial charge < -0.3 is 10.4 Å². The van der Waals surface area contributed by atoms with Crippen LogP contribution in [0, 0.1) is 11.6 Å². The van der Waals surface area contributed by atoms with E-state index in [0.717, 1.165) is 12.1 Å². The number of aliphatic hydroxyl groups excluding tert-OH is 1. The zero-order valence-corrected chi connectivity index (χ0v) is 11.9. The molecule has 3 atom stereocenters. The topological polar surface area (TPSA) is 75.9 Å². The fraction of sp³-hybridized carbons (Fsp3) is 0.267. The van der Waals surface area contributed by atoms with Gasteiger partial charge in [0, 0.05) is 24.5 Å². The van der Waals surface area contributed by atoms with E-state index >= 15 is 0 Å². The first-order valence-electron chi connectivity index (χ1n) is 7.17. The van der Waals surface area contributed by atoms with E-state index in [0.29, 0.717) is 12.2 Å². The molecule has 23 heavy (non-hydrogen) atoms. The molecule has 4 rings (SSSR count). The minimum atomic E-state index is -0.961. The van der Waals surface area contributed by atoms with Gasteiger partial charge in [-0.2, -0.15) is 5.10 Å². The van der Waals surface area contributed by atoms with Crippen molar-refractivity contribution in [3.8, 4) is 0 Å². The quantitative estimate of drug-likeness (QED) is 0.771. The molecule has 2 aromatic heterocycles. The van der Waals surface area contributed by atoms with Gasteiger partial charge in [-0.3, -0.25) is 9.67 Å². The minimum absolute atomic E-state index is 0.0676. The summed E-state index contributed by atoms with van der Waals surface area (Å²) in [4.78, 5) is 8.33. The summed E-state index contributed by atoms with van der Waals surface area (Å²) in [5.74, 6) is -1.47. The van der Waals surface area contributed by atoms with Crippen LogP contribution in [0.3, 0.4) is 0 Å². The van der Waals surface area contributed by atoms with Crippen LogP contribution in [0.5, 0.6) is 0 Å². The van der Waals surface area contributed by atoms with Crippen molar-refractivity contribution in [1.82, 2.24) is 19.7 Å². The lowest BCUT2D eigenvalue weighted by atomic mass is 9.83. The van der Waals surface area contributed by atoms with Crippen molar-refractivity contribution in [2.24, 2.45) is 0 Å². The Balaban J connectivity index is 1.59. The second-order valence-corrected chi connectivity index (χ2v) is 5.54. The first kappa shape index (κ1) is 14.0. The molecule has 0 bridgehead atoms. The molecule has 0 saturated heterocycles. The van der Waals surface area contributed by atoms with Gasteiger partial charge in [0.25, 0.3) is 0 Å². The van der Waals surface area contributed by atoms with Crippen LogP contribution in [-0.2, 0) is 0 Å². The molecule has 0 spiro atoms. The Bertz CT molecular complexity index is 854. The molecule has 3 aromatic rings. The van der Waals surface area contributed by atoms with E-state index in [9.17, 15) is 13.9 Å². The largest absolute Gasteiger partial charge is 0.391 e. The molecule has 1 aliphatic rings. The maximum Gasteiger partial charge on any atom is 0.161 e. The number of hydrogen-bond donors (Lipinski definition) is 2. The highest BCUT2D eigenvalue weighted by Gasteiger charge is 2.42. The number of halogens is 2. The van der Waals surface area contributed by atoms with E-state index in [1.807, 2.05) is 0 Å². The molecule has 6 nitrogen and oxygen atoms in total. The van der Waals surface area contributed by atoms with Crippen molar-refractivity contribution in [2.45, 2.75) is 24.6 Å². The molecule has 1 saturated carbocycles. The number of aliphatic hydroxyl groups is 1. The van der Waals surface area contributed by atoms with Crippen LogP contribution >= 0.6 is 0 Å². The second-order valence-electron chi connectivity index (χ2n) is 5.54. The molecule has 2 heterocycles. The predicted octanol–water partition coefficient (Wildman–Crippen LogP) is 1.89. The lowest BCUT2D eigenvalue weighted by Crippen LogP contribution is -2.51. The Labute approximate surface area is 129 Å². The molecule has 0 radical (unpaired) electrons. The highest BCUT2D eigenvalue weighted by molar-refractivity contribution is 5.75. The standard InChI is InChI=1S/C15H13F2N5O/c16-8-4-10-11(5-9(8)17)20-14(7-18-10)21-12-6-13(23)15(12)22-3-1-2-19-22/h1-5,7,12-13,15,23H,6H2,(H,20,21)/t12-,13+,15+/m0/s1.